The standard InChI is InChI=1S/C75H56N2/c1-75(2)73-27-13-12-26-71(73)72-49-48-70(52-74(72)75)77(68-42-32-58(33-43-68)55-20-10-5-11-21-55)69-46-36-60(37-47-69)62-23-15-25-64(51-62)63-24-14-22-61(50-63)59-34-44-67(45-35-59)76(65-38-28-56(29-39-65)53-16-6-3-7-17-53)66-40-30-57(31-41-66)54-18-8-4-9-19-54/h3-52H,1-2H3. The van der Waals surface area contributed by atoms with Crippen molar-refractivity contribution in [2.24, 2.45) is 0 Å². The van der Waals surface area contributed by atoms with Gasteiger partial charge in [0.05, 0.1) is 0 Å². The first kappa shape index (κ1) is 47.0. The maximum Gasteiger partial charge on any atom is 0.0465 e. The average Bonchev–Trinajstić information content (AvgIpc) is 3.90. The second kappa shape index (κ2) is 20.2. The van der Waals surface area contributed by atoms with E-state index < -0.39 is 0 Å². The molecule has 12 aromatic rings. The van der Waals surface area contributed by atoms with E-state index in [2.05, 4.69) is 327 Å². The van der Waals surface area contributed by atoms with Gasteiger partial charge in [0.25, 0.3) is 0 Å². The van der Waals surface area contributed by atoms with Crippen LogP contribution in [0.1, 0.15) is 25.0 Å². The fraction of sp³-hybridized carbons (Fsp3) is 0.0400. The van der Waals surface area contributed by atoms with Crippen LogP contribution in [0.3, 0.4) is 0 Å². The Bertz CT molecular complexity index is 3910. The van der Waals surface area contributed by atoms with Crippen molar-refractivity contribution in [3.8, 4) is 77.9 Å². The van der Waals surface area contributed by atoms with Crippen LogP contribution in [0.25, 0.3) is 77.9 Å². The fourth-order valence-electron chi connectivity index (χ4n) is 11.4. The lowest BCUT2D eigenvalue weighted by Gasteiger charge is -2.28. The molecule has 0 heterocycles. The predicted molar refractivity (Wildman–Crippen MR) is 326 cm³/mol. The molecule has 0 spiro atoms. The Morgan fingerprint density at radius 1 is 0.195 bits per heavy atom. The first-order valence-corrected chi connectivity index (χ1v) is 26.6. The van der Waals surface area contributed by atoms with E-state index in [-0.39, 0.29) is 5.41 Å². The highest BCUT2D eigenvalue weighted by molar-refractivity contribution is 5.88. The molecule has 0 amide bonds. The molecule has 0 fully saturated rings. The predicted octanol–water partition coefficient (Wildman–Crippen LogP) is 20.9. The van der Waals surface area contributed by atoms with Gasteiger partial charge >= 0.3 is 0 Å². The molecular weight excluding hydrogens is 929 g/mol. The summed E-state index contributed by atoms with van der Waals surface area (Å²) in [4.78, 5) is 4.74. The van der Waals surface area contributed by atoms with Crippen LogP contribution >= 0.6 is 0 Å². The number of benzene rings is 12. The molecule has 2 nitrogen and oxygen atoms in total. The molecular formula is C75H56N2. The maximum atomic E-state index is 2.41. The molecule has 0 atom stereocenters. The van der Waals surface area contributed by atoms with Gasteiger partial charge in [0.15, 0.2) is 0 Å². The summed E-state index contributed by atoms with van der Waals surface area (Å²) in [5.41, 5.74) is 26.2. The summed E-state index contributed by atoms with van der Waals surface area (Å²) in [6.07, 6.45) is 0. The lowest BCUT2D eigenvalue weighted by molar-refractivity contribution is 0.660. The van der Waals surface area contributed by atoms with Crippen molar-refractivity contribution in [2.75, 3.05) is 9.80 Å². The summed E-state index contributed by atoms with van der Waals surface area (Å²) < 4.78 is 0. The van der Waals surface area contributed by atoms with Crippen LogP contribution in [0.5, 0.6) is 0 Å². The van der Waals surface area contributed by atoms with E-state index in [1.54, 1.807) is 0 Å². The minimum absolute atomic E-state index is 0.111. The monoisotopic (exact) mass is 984 g/mol. The number of hydrogen-bond donors (Lipinski definition) is 0. The second-order valence-electron chi connectivity index (χ2n) is 20.6. The molecule has 0 saturated heterocycles. The lowest BCUT2D eigenvalue weighted by atomic mass is 9.82. The second-order valence-corrected chi connectivity index (χ2v) is 20.6. The van der Waals surface area contributed by atoms with Gasteiger partial charge in [0.1, 0.15) is 0 Å². The topological polar surface area (TPSA) is 6.48 Å². The normalized spacial score (nSPS) is 12.1. The van der Waals surface area contributed by atoms with Crippen LogP contribution in [-0.4, -0.2) is 0 Å². The molecule has 13 rings (SSSR count). The molecule has 77 heavy (non-hydrogen) atoms. The van der Waals surface area contributed by atoms with Gasteiger partial charge < -0.3 is 9.80 Å². The summed E-state index contributed by atoms with van der Waals surface area (Å²) in [6, 6.07) is 110. The quantitative estimate of drug-likeness (QED) is 0.120. The van der Waals surface area contributed by atoms with Crippen LogP contribution in [0.4, 0.5) is 34.1 Å². The SMILES string of the molecule is CC1(C)c2ccccc2-c2ccc(N(c3ccc(-c4ccccc4)cc3)c3ccc(-c4cccc(-c5cccc(-c6ccc(N(c7ccc(-c8ccccc8)cc7)c7ccc(-c8ccccc8)cc7)cc6)c5)c4)cc3)cc21. The zero-order valence-electron chi connectivity index (χ0n) is 43.3. The van der Waals surface area contributed by atoms with E-state index in [0.29, 0.717) is 0 Å². The Kier molecular flexibility index (Phi) is 12.3. The van der Waals surface area contributed by atoms with Crippen molar-refractivity contribution < 1.29 is 0 Å². The van der Waals surface area contributed by atoms with E-state index in [1.165, 1.54) is 83.5 Å². The smallest absolute Gasteiger partial charge is 0.0465 e. The van der Waals surface area contributed by atoms with E-state index in [0.717, 1.165) is 39.7 Å². The molecule has 366 valence electrons. The molecule has 0 saturated carbocycles. The third-order valence-corrected chi connectivity index (χ3v) is 15.5. The van der Waals surface area contributed by atoms with Gasteiger partial charge in [-0.15, -0.1) is 0 Å². The number of fused-ring (bicyclic) bond motifs is 3. The molecule has 12 aromatic carbocycles. The molecule has 0 unspecified atom stereocenters. The summed E-state index contributed by atoms with van der Waals surface area (Å²) in [5, 5.41) is 0. The van der Waals surface area contributed by atoms with Crippen molar-refractivity contribution in [3.05, 3.63) is 314 Å². The van der Waals surface area contributed by atoms with Gasteiger partial charge in [-0.05, 0) is 174 Å². The maximum absolute atomic E-state index is 2.41. The van der Waals surface area contributed by atoms with Crippen LogP contribution in [0, 0.1) is 0 Å². The molecule has 0 radical (unpaired) electrons. The Morgan fingerprint density at radius 2 is 0.455 bits per heavy atom. The fourth-order valence-corrected chi connectivity index (χ4v) is 11.4. The van der Waals surface area contributed by atoms with Crippen molar-refractivity contribution in [2.45, 2.75) is 19.3 Å². The van der Waals surface area contributed by atoms with Crippen LogP contribution in [0.15, 0.2) is 303 Å². The van der Waals surface area contributed by atoms with Crippen molar-refractivity contribution >= 4 is 34.1 Å². The summed E-state index contributed by atoms with van der Waals surface area (Å²) >= 11 is 0. The van der Waals surface area contributed by atoms with E-state index in [1.807, 2.05) is 0 Å². The van der Waals surface area contributed by atoms with Gasteiger partial charge in [-0.2, -0.15) is 0 Å². The zero-order valence-corrected chi connectivity index (χ0v) is 43.3. The van der Waals surface area contributed by atoms with Gasteiger partial charge in [0, 0.05) is 39.5 Å². The van der Waals surface area contributed by atoms with E-state index in [9.17, 15) is 0 Å². The van der Waals surface area contributed by atoms with E-state index >= 15 is 0 Å². The minimum Gasteiger partial charge on any atom is -0.311 e. The van der Waals surface area contributed by atoms with Crippen molar-refractivity contribution in [3.63, 3.8) is 0 Å². The Labute approximate surface area is 453 Å². The first-order chi connectivity index (χ1) is 37.9. The third-order valence-electron chi connectivity index (χ3n) is 15.5. The highest BCUT2D eigenvalue weighted by atomic mass is 15.1. The molecule has 0 bridgehead atoms. The van der Waals surface area contributed by atoms with Crippen molar-refractivity contribution in [1.82, 2.24) is 0 Å². The summed E-state index contributed by atoms with van der Waals surface area (Å²) in [5.74, 6) is 0. The highest BCUT2D eigenvalue weighted by Crippen LogP contribution is 2.51. The average molecular weight is 985 g/mol. The number of hydrogen-bond acceptors (Lipinski definition) is 2. The Balaban J connectivity index is 0.787. The molecule has 1 aliphatic carbocycles. The van der Waals surface area contributed by atoms with Gasteiger partial charge in [-0.25, -0.2) is 0 Å². The Morgan fingerprint density at radius 3 is 0.831 bits per heavy atom. The first-order valence-electron chi connectivity index (χ1n) is 26.6. The summed E-state index contributed by atoms with van der Waals surface area (Å²) in [7, 11) is 0. The van der Waals surface area contributed by atoms with Gasteiger partial charge in [-0.1, -0.05) is 232 Å². The van der Waals surface area contributed by atoms with Gasteiger partial charge in [0.2, 0.25) is 0 Å². The van der Waals surface area contributed by atoms with Gasteiger partial charge in [-0.3, -0.25) is 0 Å². The minimum atomic E-state index is -0.111. The van der Waals surface area contributed by atoms with Crippen LogP contribution in [0.2, 0.25) is 0 Å². The van der Waals surface area contributed by atoms with Crippen LogP contribution < -0.4 is 9.80 Å². The number of rotatable bonds is 12. The zero-order chi connectivity index (χ0) is 51.7. The molecule has 0 aliphatic heterocycles. The van der Waals surface area contributed by atoms with Crippen molar-refractivity contribution in [1.29, 1.82) is 0 Å². The summed E-state index contributed by atoms with van der Waals surface area (Å²) in [6.45, 7) is 4.71. The number of anilines is 6. The lowest BCUT2D eigenvalue weighted by Crippen LogP contribution is -2.16. The Hall–Kier alpha value is -9.76. The molecule has 0 aromatic heterocycles. The third kappa shape index (κ3) is 9.21. The molecule has 0 N–H and O–H groups in total. The molecule has 1 aliphatic rings. The number of nitrogens with zero attached hydrogens (tertiary/aromatic N) is 2. The van der Waals surface area contributed by atoms with E-state index in [4.69, 9.17) is 0 Å². The highest BCUT2D eigenvalue weighted by Gasteiger charge is 2.35. The van der Waals surface area contributed by atoms with Crippen LogP contribution in [-0.2, 0) is 5.41 Å². The largest absolute Gasteiger partial charge is 0.311 e. The molecule has 2 heteroatoms.